The molecule has 3 aromatic rings. The lowest BCUT2D eigenvalue weighted by Gasteiger charge is -2.15. The fraction of sp³-hybridized carbons (Fsp3) is 0.200. The molecule has 2 amide bonds. The fourth-order valence-electron chi connectivity index (χ4n) is 3.38. The van der Waals surface area contributed by atoms with Crippen molar-refractivity contribution in [3.05, 3.63) is 77.2 Å². The van der Waals surface area contributed by atoms with Crippen molar-refractivity contribution >= 4 is 39.8 Å². The Bertz CT molecular complexity index is 1140. The van der Waals surface area contributed by atoms with Gasteiger partial charge in [-0.3, -0.25) is 14.5 Å². The summed E-state index contributed by atoms with van der Waals surface area (Å²) < 4.78 is 11.6. The highest BCUT2D eigenvalue weighted by Crippen LogP contribution is 2.37. The SMILES string of the molecule is CC(C)Oc1ccc2ccccc2c1/C=C1\SC(=O)N(CCOc2ccccc2)C1=O. The topological polar surface area (TPSA) is 55.8 Å². The highest BCUT2D eigenvalue weighted by atomic mass is 32.2. The third kappa shape index (κ3) is 4.75. The Kier molecular flexibility index (Phi) is 6.28. The minimum atomic E-state index is -0.310. The number of thioether (sulfide) groups is 1. The average Bonchev–Trinajstić information content (AvgIpc) is 3.03. The van der Waals surface area contributed by atoms with Crippen molar-refractivity contribution in [3.63, 3.8) is 0 Å². The molecule has 158 valence electrons. The van der Waals surface area contributed by atoms with Gasteiger partial charge < -0.3 is 9.47 Å². The molecule has 0 atom stereocenters. The second-order valence-corrected chi connectivity index (χ2v) is 8.35. The zero-order valence-electron chi connectivity index (χ0n) is 17.4. The molecule has 31 heavy (non-hydrogen) atoms. The van der Waals surface area contributed by atoms with E-state index in [0.717, 1.165) is 28.1 Å². The van der Waals surface area contributed by atoms with Gasteiger partial charge >= 0.3 is 0 Å². The van der Waals surface area contributed by atoms with Crippen LogP contribution in [0.3, 0.4) is 0 Å². The Balaban J connectivity index is 1.58. The number of ether oxygens (including phenoxy) is 2. The van der Waals surface area contributed by atoms with Crippen LogP contribution in [0.4, 0.5) is 4.79 Å². The Hall–Kier alpha value is -3.25. The van der Waals surface area contributed by atoms with Crippen molar-refractivity contribution in [1.82, 2.24) is 4.90 Å². The summed E-state index contributed by atoms with van der Waals surface area (Å²) >= 11 is 0.946. The van der Waals surface area contributed by atoms with Crippen LogP contribution < -0.4 is 9.47 Å². The van der Waals surface area contributed by atoms with E-state index in [2.05, 4.69) is 0 Å². The van der Waals surface area contributed by atoms with E-state index in [1.807, 2.05) is 80.6 Å². The first kappa shape index (κ1) is 21.0. The lowest BCUT2D eigenvalue weighted by Crippen LogP contribution is -2.32. The molecule has 0 bridgehead atoms. The maximum Gasteiger partial charge on any atom is 0.293 e. The molecule has 0 aromatic heterocycles. The van der Waals surface area contributed by atoms with Crippen molar-refractivity contribution in [1.29, 1.82) is 0 Å². The number of hydrogen-bond donors (Lipinski definition) is 0. The van der Waals surface area contributed by atoms with Crippen LogP contribution in [0.5, 0.6) is 11.5 Å². The summed E-state index contributed by atoms with van der Waals surface area (Å²) in [5, 5.41) is 1.72. The predicted octanol–water partition coefficient (Wildman–Crippen LogP) is 5.74. The summed E-state index contributed by atoms with van der Waals surface area (Å²) in [6.07, 6.45) is 1.75. The number of nitrogens with zero attached hydrogens (tertiary/aromatic N) is 1. The highest BCUT2D eigenvalue weighted by Gasteiger charge is 2.35. The molecular formula is C25H23NO4S. The Morgan fingerprint density at radius 2 is 1.71 bits per heavy atom. The summed E-state index contributed by atoms with van der Waals surface area (Å²) in [5.41, 5.74) is 0.804. The zero-order valence-corrected chi connectivity index (χ0v) is 18.2. The molecule has 0 radical (unpaired) electrons. The first-order valence-corrected chi connectivity index (χ1v) is 11.0. The zero-order chi connectivity index (χ0) is 21.8. The number of carbonyl (C=O) groups excluding carboxylic acids is 2. The monoisotopic (exact) mass is 433 g/mol. The van der Waals surface area contributed by atoms with Crippen LogP contribution in [0.25, 0.3) is 16.8 Å². The Morgan fingerprint density at radius 1 is 0.968 bits per heavy atom. The average molecular weight is 434 g/mol. The summed E-state index contributed by atoms with van der Waals surface area (Å²) in [6.45, 7) is 4.35. The smallest absolute Gasteiger partial charge is 0.293 e. The Morgan fingerprint density at radius 3 is 2.48 bits per heavy atom. The summed E-state index contributed by atoms with van der Waals surface area (Å²) in [6, 6.07) is 21.2. The van der Waals surface area contributed by atoms with E-state index in [1.165, 1.54) is 4.90 Å². The predicted molar refractivity (Wildman–Crippen MR) is 124 cm³/mol. The normalized spacial score (nSPS) is 15.3. The lowest BCUT2D eigenvalue weighted by molar-refractivity contribution is -0.123. The number of amides is 2. The van der Waals surface area contributed by atoms with Crippen molar-refractivity contribution in [2.24, 2.45) is 0 Å². The molecule has 4 rings (SSSR count). The van der Waals surface area contributed by atoms with E-state index >= 15 is 0 Å². The third-order valence-electron chi connectivity index (χ3n) is 4.77. The van der Waals surface area contributed by atoms with Crippen molar-refractivity contribution < 1.29 is 19.1 Å². The van der Waals surface area contributed by atoms with Gasteiger partial charge in [0.2, 0.25) is 0 Å². The molecule has 6 heteroatoms. The van der Waals surface area contributed by atoms with Gasteiger partial charge in [-0.2, -0.15) is 0 Å². The van der Waals surface area contributed by atoms with E-state index in [-0.39, 0.29) is 30.4 Å². The van der Waals surface area contributed by atoms with Crippen LogP contribution in [0.15, 0.2) is 71.6 Å². The van der Waals surface area contributed by atoms with Crippen molar-refractivity contribution in [2.45, 2.75) is 20.0 Å². The van der Waals surface area contributed by atoms with Gasteiger partial charge in [0.05, 0.1) is 17.6 Å². The quantitative estimate of drug-likeness (QED) is 0.445. The van der Waals surface area contributed by atoms with E-state index < -0.39 is 0 Å². The molecule has 3 aromatic carbocycles. The summed E-state index contributed by atoms with van der Waals surface area (Å²) in [5.74, 6) is 1.08. The summed E-state index contributed by atoms with van der Waals surface area (Å²) in [4.78, 5) is 27.1. The maximum absolute atomic E-state index is 13.0. The van der Waals surface area contributed by atoms with Crippen molar-refractivity contribution in [3.8, 4) is 11.5 Å². The second kappa shape index (κ2) is 9.27. The third-order valence-corrected chi connectivity index (χ3v) is 5.68. The highest BCUT2D eigenvalue weighted by molar-refractivity contribution is 8.18. The molecule has 0 aliphatic carbocycles. The summed E-state index contributed by atoms with van der Waals surface area (Å²) in [7, 11) is 0. The van der Waals surface area contributed by atoms with E-state index in [0.29, 0.717) is 16.4 Å². The van der Waals surface area contributed by atoms with E-state index in [4.69, 9.17) is 9.47 Å². The van der Waals surface area contributed by atoms with Crippen LogP contribution in [-0.4, -0.2) is 35.3 Å². The number of carbonyl (C=O) groups is 2. The van der Waals surface area contributed by atoms with Gasteiger partial charge in [0.1, 0.15) is 18.1 Å². The molecule has 0 N–H and O–H groups in total. The number of fused-ring (bicyclic) bond motifs is 1. The van der Waals surface area contributed by atoms with Gasteiger partial charge in [0.25, 0.3) is 11.1 Å². The molecule has 0 unspecified atom stereocenters. The molecular weight excluding hydrogens is 410 g/mol. The van der Waals surface area contributed by atoms with Gasteiger partial charge in [-0.1, -0.05) is 48.5 Å². The molecule has 1 saturated heterocycles. The van der Waals surface area contributed by atoms with Gasteiger partial charge in [-0.05, 0) is 60.7 Å². The molecule has 1 aliphatic heterocycles. The molecule has 0 saturated carbocycles. The molecule has 1 aliphatic rings. The number of para-hydroxylation sites is 1. The molecule has 1 fully saturated rings. The number of imide groups is 1. The largest absolute Gasteiger partial charge is 0.492 e. The first-order valence-electron chi connectivity index (χ1n) is 10.1. The molecule has 5 nitrogen and oxygen atoms in total. The molecule has 0 spiro atoms. The van der Waals surface area contributed by atoms with Gasteiger partial charge in [-0.25, -0.2) is 0 Å². The minimum Gasteiger partial charge on any atom is -0.492 e. The van der Waals surface area contributed by atoms with Crippen LogP contribution in [-0.2, 0) is 4.79 Å². The second-order valence-electron chi connectivity index (χ2n) is 7.36. The number of hydrogen-bond acceptors (Lipinski definition) is 5. The first-order chi connectivity index (χ1) is 15.0. The Labute approximate surface area is 185 Å². The standard InChI is InChI=1S/C25H23NO4S/c1-17(2)30-22-13-12-18-8-6-7-11-20(18)21(22)16-23-24(27)26(25(28)31-23)14-15-29-19-9-4-3-5-10-19/h3-13,16-17H,14-15H2,1-2H3/b23-16-. The van der Waals surface area contributed by atoms with Gasteiger partial charge in [-0.15, -0.1) is 0 Å². The van der Waals surface area contributed by atoms with E-state index in [9.17, 15) is 9.59 Å². The fourth-order valence-corrected chi connectivity index (χ4v) is 4.22. The maximum atomic E-state index is 13.0. The van der Waals surface area contributed by atoms with Crippen LogP contribution in [0.2, 0.25) is 0 Å². The lowest BCUT2D eigenvalue weighted by atomic mass is 10.0. The van der Waals surface area contributed by atoms with Gasteiger partial charge in [0.15, 0.2) is 0 Å². The van der Waals surface area contributed by atoms with Crippen LogP contribution >= 0.6 is 11.8 Å². The molecule has 1 heterocycles. The van der Waals surface area contributed by atoms with Gasteiger partial charge in [0, 0.05) is 5.56 Å². The number of rotatable bonds is 7. The van der Waals surface area contributed by atoms with Crippen LogP contribution in [0, 0.1) is 0 Å². The number of benzene rings is 3. The van der Waals surface area contributed by atoms with Crippen molar-refractivity contribution in [2.75, 3.05) is 13.2 Å². The minimum absolute atomic E-state index is 0.0153. The van der Waals surface area contributed by atoms with Crippen LogP contribution in [0.1, 0.15) is 19.4 Å². The van der Waals surface area contributed by atoms with E-state index in [1.54, 1.807) is 6.08 Å².